The molecule has 1 rings (SSSR count). The van der Waals surface area contributed by atoms with Gasteiger partial charge in [-0.05, 0) is 6.42 Å². The number of carbonyl (C=O) groups is 2. The first-order chi connectivity index (χ1) is 8.22. The van der Waals surface area contributed by atoms with Crippen molar-refractivity contribution in [1.82, 2.24) is 16.0 Å². The van der Waals surface area contributed by atoms with Crippen molar-refractivity contribution < 1.29 is 14.3 Å². The summed E-state index contributed by atoms with van der Waals surface area (Å²) in [5.74, 6) is -0.298. The van der Waals surface area contributed by atoms with Crippen LogP contribution >= 0.6 is 12.4 Å². The third-order valence-electron chi connectivity index (χ3n) is 2.44. The average molecular weight is 280 g/mol. The largest absolute Gasteiger partial charge is 0.375 e. The predicted molar refractivity (Wildman–Crippen MR) is 70.8 cm³/mol. The van der Waals surface area contributed by atoms with Crippen LogP contribution < -0.4 is 16.0 Å². The SMILES string of the molecule is CCCNC(=O)CNC(=O)CC1CNCCO1.Cl. The average Bonchev–Trinajstić information content (AvgIpc) is 2.35. The van der Waals surface area contributed by atoms with E-state index in [9.17, 15) is 9.59 Å². The zero-order valence-corrected chi connectivity index (χ0v) is 11.5. The molecular weight excluding hydrogens is 258 g/mol. The predicted octanol–water partition coefficient (Wildman–Crippen LogP) is -0.571. The second-order valence-corrected chi connectivity index (χ2v) is 4.03. The molecule has 1 atom stereocenters. The first-order valence-corrected chi connectivity index (χ1v) is 6.08. The lowest BCUT2D eigenvalue weighted by molar-refractivity contribution is -0.128. The first kappa shape index (κ1) is 17.2. The van der Waals surface area contributed by atoms with Crippen molar-refractivity contribution in [3.63, 3.8) is 0 Å². The van der Waals surface area contributed by atoms with E-state index in [1.165, 1.54) is 0 Å². The zero-order valence-electron chi connectivity index (χ0n) is 10.7. The summed E-state index contributed by atoms with van der Waals surface area (Å²) in [6, 6.07) is 0. The number of halogens is 1. The molecule has 0 aromatic carbocycles. The summed E-state index contributed by atoms with van der Waals surface area (Å²) in [7, 11) is 0. The van der Waals surface area contributed by atoms with Gasteiger partial charge in [0, 0.05) is 19.6 Å². The Bertz CT molecular complexity index is 258. The van der Waals surface area contributed by atoms with E-state index in [-0.39, 0.29) is 36.9 Å². The van der Waals surface area contributed by atoms with Gasteiger partial charge in [0.05, 0.1) is 25.7 Å². The molecule has 0 aliphatic carbocycles. The highest BCUT2D eigenvalue weighted by atomic mass is 35.5. The highest BCUT2D eigenvalue weighted by molar-refractivity contribution is 5.85. The Kier molecular flexibility index (Phi) is 9.63. The number of nitrogens with one attached hydrogen (secondary N) is 3. The topological polar surface area (TPSA) is 79.5 Å². The van der Waals surface area contributed by atoms with E-state index in [4.69, 9.17) is 4.74 Å². The van der Waals surface area contributed by atoms with Gasteiger partial charge in [0.2, 0.25) is 11.8 Å². The molecule has 3 N–H and O–H groups in total. The van der Waals surface area contributed by atoms with Gasteiger partial charge in [-0.1, -0.05) is 6.92 Å². The molecule has 0 aromatic heterocycles. The number of hydrogen-bond acceptors (Lipinski definition) is 4. The highest BCUT2D eigenvalue weighted by Gasteiger charge is 2.17. The molecule has 7 heteroatoms. The Labute approximate surface area is 114 Å². The van der Waals surface area contributed by atoms with Crippen molar-refractivity contribution >= 4 is 24.2 Å². The monoisotopic (exact) mass is 279 g/mol. The summed E-state index contributed by atoms with van der Waals surface area (Å²) in [5, 5.41) is 8.42. The van der Waals surface area contributed by atoms with Crippen LogP contribution in [0, 0.1) is 0 Å². The molecule has 106 valence electrons. The normalized spacial score (nSPS) is 18.6. The molecule has 1 fully saturated rings. The number of hydrogen-bond donors (Lipinski definition) is 3. The van der Waals surface area contributed by atoms with Crippen molar-refractivity contribution in [2.24, 2.45) is 0 Å². The summed E-state index contributed by atoms with van der Waals surface area (Å²) in [6.45, 7) is 4.82. The lowest BCUT2D eigenvalue weighted by atomic mass is 10.2. The second kappa shape index (κ2) is 10.1. The van der Waals surface area contributed by atoms with E-state index in [1.807, 2.05) is 6.92 Å². The number of amides is 2. The van der Waals surface area contributed by atoms with Crippen LogP contribution in [-0.2, 0) is 14.3 Å². The Morgan fingerprint density at radius 2 is 2.11 bits per heavy atom. The molecule has 0 bridgehead atoms. The minimum absolute atomic E-state index is 0. The quantitative estimate of drug-likeness (QED) is 0.608. The molecular formula is C11H22ClN3O3. The van der Waals surface area contributed by atoms with Crippen molar-refractivity contribution in [1.29, 1.82) is 0 Å². The number of ether oxygens (including phenoxy) is 1. The Hall–Kier alpha value is -0.850. The van der Waals surface area contributed by atoms with Gasteiger partial charge in [0.1, 0.15) is 0 Å². The maximum atomic E-state index is 11.5. The Balaban J connectivity index is 0.00000289. The van der Waals surface area contributed by atoms with E-state index in [0.717, 1.165) is 13.0 Å². The third kappa shape index (κ3) is 7.47. The van der Waals surface area contributed by atoms with Crippen molar-refractivity contribution in [2.75, 3.05) is 32.8 Å². The van der Waals surface area contributed by atoms with Crippen molar-refractivity contribution in [2.45, 2.75) is 25.9 Å². The summed E-state index contributed by atoms with van der Waals surface area (Å²) in [4.78, 5) is 22.7. The molecule has 2 amide bonds. The summed E-state index contributed by atoms with van der Waals surface area (Å²) >= 11 is 0. The van der Waals surface area contributed by atoms with Gasteiger partial charge in [-0.25, -0.2) is 0 Å². The van der Waals surface area contributed by atoms with E-state index < -0.39 is 0 Å². The zero-order chi connectivity index (χ0) is 12.5. The lowest BCUT2D eigenvalue weighted by Gasteiger charge is -2.22. The van der Waals surface area contributed by atoms with E-state index in [0.29, 0.717) is 26.1 Å². The maximum Gasteiger partial charge on any atom is 0.239 e. The lowest BCUT2D eigenvalue weighted by Crippen LogP contribution is -2.43. The minimum Gasteiger partial charge on any atom is -0.375 e. The molecule has 1 saturated heterocycles. The van der Waals surface area contributed by atoms with Gasteiger partial charge >= 0.3 is 0 Å². The standard InChI is InChI=1S/C11H21N3O3.ClH/c1-2-3-13-11(16)8-14-10(15)6-9-7-12-4-5-17-9;/h9,12H,2-8H2,1H3,(H,13,16)(H,14,15);1H. The van der Waals surface area contributed by atoms with Gasteiger partial charge in [0.15, 0.2) is 0 Å². The van der Waals surface area contributed by atoms with Crippen LogP contribution in [0.15, 0.2) is 0 Å². The van der Waals surface area contributed by atoms with Gasteiger partial charge in [0.25, 0.3) is 0 Å². The first-order valence-electron chi connectivity index (χ1n) is 6.08. The highest BCUT2D eigenvalue weighted by Crippen LogP contribution is 2.00. The number of rotatable bonds is 6. The summed E-state index contributed by atoms with van der Waals surface area (Å²) < 4.78 is 5.40. The Morgan fingerprint density at radius 1 is 1.33 bits per heavy atom. The van der Waals surface area contributed by atoms with Gasteiger partial charge in [-0.2, -0.15) is 0 Å². The fourth-order valence-electron chi connectivity index (χ4n) is 1.54. The third-order valence-corrected chi connectivity index (χ3v) is 2.44. The molecule has 0 spiro atoms. The molecule has 1 unspecified atom stereocenters. The smallest absolute Gasteiger partial charge is 0.239 e. The van der Waals surface area contributed by atoms with Gasteiger partial charge in [-0.3, -0.25) is 9.59 Å². The van der Waals surface area contributed by atoms with E-state index in [2.05, 4.69) is 16.0 Å². The molecule has 1 aliphatic heterocycles. The van der Waals surface area contributed by atoms with Crippen LogP contribution in [0.4, 0.5) is 0 Å². The Morgan fingerprint density at radius 3 is 2.72 bits per heavy atom. The van der Waals surface area contributed by atoms with Crippen LogP contribution in [0.5, 0.6) is 0 Å². The van der Waals surface area contributed by atoms with E-state index in [1.54, 1.807) is 0 Å². The number of morpholine rings is 1. The van der Waals surface area contributed by atoms with Crippen molar-refractivity contribution in [3.8, 4) is 0 Å². The number of carbonyl (C=O) groups excluding carboxylic acids is 2. The molecule has 0 aromatic rings. The van der Waals surface area contributed by atoms with Crippen LogP contribution in [0.25, 0.3) is 0 Å². The van der Waals surface area contributed by atoms with Crippen LogP contribution in [-0.4, -0.2) is 50.7 Å². The molecule has 0 saturated carbocycles. The van der Waals surface area contributed by atoms with Crippen molar-refractivity contribution in [3.05, 3.63) is 0 Å². The molecule has 1 aliphatic rings. The van der Waals surface area contributed by atoms with Crippen LogP contribution in [0.1, 0.15) is 19.8 Å². The summed E-state index contributed by atoms with van der Waals surface area (Å²) in [6.07, 6.45) is 1.11. The maximum absolute atomic E-state index is 11.5. The molecule has 18 heavy (non-hydrogen) atoms. The van der Waals surface area contributed by atoms with E-state index >= 15 is 0 Å². The van der Waals surface area contributed by atoms with Gasteiger partial charge < -0.3 is 20.7 Å². The second-order valence-electron chi connectivity index (χ2n) is 4.03. The fraction of sp³-hybridized carbons (Fsp3) is 0.818. The van der Waals surface area contributed by atoms with Gasteiger partial charge in [-0.15, -0.1) is 12.4 Å². The van der Waals surface area contributed by atoms with Crippen LogP contribution in [0.3, 0.4) is 0 Å². The molecule has 1 heterocycles. The molecule has 6 nitrogen and oxygen atoms in total. The summed E-state index contributed by atoms with van der Waals surface area (Å²) in [5.41, 5.74) is 0. The fourth-order valence-corrected chi connectivity index (χ4v) is 1.54. The molecule has 0 radical (unpaired) electrons. The minimum atomic E-state index is -0.150. The van der Waals surface area contributed by atoms with Crippen LogP contribution in [0.2, 0.25) is 0 Å².